The zero-order valence-electron chi connectivity index (χ0n) is 17.7. The lowest BCUT2D eigenvalue weighted by Gasteiger charge is -2.18. The number of thiazole rings is 1. The van der Waals surface area contributed by atoms with E-state index in [-0.39, 0.29) is 5.91 Å². The number of methoxy groups -OCH3 is 2. The lowest BCUT2D eigenvalue weighted by atomic mass is 10.1. The van der Waals surface area contributed by atoms with Gasteiger partial charge in [0.1, 0.15) is 22.6 Å². The summed E-state index contributed by atoms with van der Waals surface area (Å²) in [5.41, 5.74) is 2.03. The number of carbonyl (C=O) groups excluding carboxylic acids is 1. The van der Waals surface area contributed by atoms with E-state index in [4.69, 9.17) is 21.1 Å². The van der Waals surface area contributed by atoms with Crippen molar-refractivity contribution in [3.63, 3.8) is 0 Å². The quantitative estimate of drug-likeness (QED) is 0.424. The van der Waals surface area contributed by atoms with Gasteiger partial charge in [0.15, 0.2) is 11.5 Å². The van der Waals surface area contributed by atoms with E-state index in [1.54, 1.807) is 37.9 Å². The van der Waals surface area contributed by atoms with Gasteiger partial charge in [-0.15, -0.1) is 11.3 Å². The van der Waals surface area contributed by atoms with Crippen molar-refractivity contribution < 1.29 is 14.3 Å². The maximum atomic E-state index is 13.1. The number of aromatic nitrogens is 3. The van der Waals surface area contributed by atoms with E-state index in [1.807, 2.05) is 48.1 Å². The van der Waals surface area contributed by atoms with Crippen LogP contribution >= 0.6 is 22.9 Å². The topological polar surface area (TPSA) is 78.3 Å². The first-order valence-electron chi connectivity index (χ1n) is 9.71. The van der Waals surface area contributed by atoms with Crippen molar-refractivity contribution in [2.75, 3.05) is 14.2 Å². The second kappa shape index (κ2) is 9.42. The molecule has 32 heavy (non-hydrogen) atoms. The molecule has 1 amide bonds. The Morgan fingerprint density at radius 2 is 1.88 bits per heavy atom. The van der Waals surface area contributed by atoms with E-state index in [9.17, 15) is 4.79 Å². The molecule has 2 heterocycles. The van der Waals surface area contributed by atoms with Gasteiger partial charge in [-0.3, -0.25) is 4.79 Å². The van der Waals surface area contributed by atoms with Gasteiger partial charge in [0.2, 0.25) is 0 Å². The molecule has 164 valence electrons. The van der Waals surface area contributed by atoms with E-state index >= 15 is 0 Å². The van der Waals surface area contributed by atoms with Gasteiger partial charge in [-0.1, -0.05) is 23.7 Å². The van der Waals surface area contributed by atoms with Crippen molar-refractivity contribution in [2.24, 2.45) is 7.05 Å². The summed E-state index contributed by atoms with van der Waals surface area (Å²) in [6, 6.07) is 12.4. The summed E-state index contributed by atoms with van der Waals surface area (Å²) in [7, 11) is 5.05. The molecule has 1 unspecified atom stereocenters. The average molecular weight is 469 g/mol. The van der Waals surface area contributed by atoms with Crippen LogP contribution in [-0.2, 0) is 7.05 Å². The van der Waals surface area contributed by atoms with E-state index in [1.165, 1.54) is 11.3 Å². The number of ether oxygens (including phenoxy) is 2. The Kier molecular flexibility index (Phi) is 6.43. The van der Waals surface area contributed by atoms with Crippen LogP contribution in [-0.4, -0.2) is 34.7 Å². The molecule has 2 aromatic heterocycles. The highest BCUT2D eigenvalue weighted by atomic mass is 35.5. The fraction of sp³-hybridized carbons (Fsp3) is 0.174. The minimum atomic E-state index is -0.453. The summed E-state index contributed by atoms with van der Waals surface area (Å²) in [5.74, 6) is 1.64. The van der Waals surface area contributed by atoms with Crippen molar-refractivity contribution in [1.29, 1.82) is 0 Å². The molecule has 1 atom stereocenters. The first-order chi connectivity index (χ1) is 15.5. The van der Waals surface area contributed by atoms with Crippen LogP contribution in [0.3, 0.4) is 0 Å². The van der Waals surface area contributed by atoms with Crippen molar-refractivity contribution in [2.45, 2.75) is 6.04 Å². The first-order valence-corrected chi connectivity index (χ1v) is 11.0. The van der Waals surface area contributed by atoms with E-state index in [0.29, 0.717) is 33.0 Å². The molecule has 0 aliphatic heterocycles. The highest BCUT2D eigenvalue weighted by Gasteiger charge is 2.23. The molecule has 2 aromatic carbocycles. The van der Waals surface area contributed by atoms with E-state index in [2.05, 4.69) is 15.3 Å². The van der Waals surface area contributed by atoms with Crippen molar-refractivity contribution in [3.05, 3.63) is 82.3 Å². The molecule has 7 nitrogen and oxygen atoms in total. The lowest BCUT2D eigenvalue weighted by molar-refractivity contribution is 0.0937. The minimum absolute atomic E-state index is 0.295. The monoisotopic (exact) mass is 468 g/mol. The average Bonchev–Trinajstić information content (AvgIpc) is 3.47. The lowest BCUT2D eigenvalue weighted by Crippen LogP contribution is -2.31. The molecular weight excluding hydrogens is 448 g/mol. The third kappa shape index (κ3) is 4.46. The fourth-order valence-corrected chi connectivity index (χ4v) is 4.22. The van der Waals surface area contributed by atoms with Crippen molar-refractivity contribution >= 4 is 28.8 Å². The van der Waals surface area contributed by atoms with Crippen LogP contribution in [0.1, 0.15) is 27.9 Å². The second-order valence-electron chi connectivity index (χ2n) is 6.96. The number of hydrogen-bond donors (Lipinski definition) is 1. The van der Waals surface area contributed by atoms with Crippen LogP contribution in [0, 0.1) is 0 Å². The molecule has 1 N–H and O–H groups in total. The molecule has 9 heteroatoms. The van der Waals surface area contributed by atoms with Crippen LogP contribution in [0.25, 0.3) is 10.6 Å². The Labute approximate surface area is 194 Å². The summed E-state index contributed by atoms with van der Waals surface area (Å²) in [6.07, 6.45) is 3.53. The minimum Gasteiger partial charge on any atom is -0.493 e. The molecular formula is C23H21ClN4O3S. The zero-order valence-corrected chi connectivity index (χ0v) is 19.3. The van der Waals surface area contributed by atoms with Gasteiger partial charge in [0.25, 0.3) is 5.91 Å². The normalized spacial score (nSPS) is 11.8. The van der Waals surface area contributed by atoms with Gasteiger partial charge >= 0.3 is 0 Å². The highest BCUT2D eigenvalue weighted by Crippen LogP contribution is 2.33. The Morgan fingerprint density at radius 3 is 2.53 bits per heavy atom. The third-order valence-corrected chi connectivity index (χ3v) is 6.11. The maximum absolute atomic E-state index is 13.1. The number of carbonyl (C=O) groups is 1. The predicted octanol–water partition coefficient (Wildman–Crippen LogP) is 4.73. The number of halogens is 1. The molecule has 0 aliphatic carbocycles. The summed E-state index contributed by atoms with van der Waals surface area (Å²) in [6.45, 7) is 0. The number of nitrogens with one attached hydrogen (secondary N) is 1. The third-order valence-electron chi connectivity index (χ3n) is 4.96. The molecule has 0 bridgehead atoms. The molecule has 4 aromatic rings. The number of nitrogens with zero attached hydrogens (tertiary/aromatic N) is 3. The molecule has 0 aliphatic rings. The summed E-state index contributed by atoms with van der Waals surface area (Å²) in [5, 5.41) is 6.11. The van der Waals surface area contributed by atoms with Gasteiger partial charge in [-0.25, -0.2) is 9.97 Å². The van der Waals surface area contributed by atoms with Crippen molar-refractivity contribution in [3.8, 4) is 22.1 Å². The van der Waals surface area contributed by atoms with Crippen LogP contribution in [0.5, 0.6) is 11.5 Å². The molecule has 0 saturated carbocycles. The van der Waals surface area contributed by atoms with Crippen LogP contribution in [0.2, 0.25) is 5.02 Å². The van der Waals surface area contributed by atoms with E-state index in [0.717, 1.165) is 11.1 Å². The Balaban J connectivity index is 1.60. The number of amides is 1. The van der Waals surface area contributed by atoms with Gasteiger partial charge in [-0.2, -0.15) is 0 Å². The standard InChI is InChI=1S/C23H21ClN4O3S/c1-28-11-10-25-21(28)20(14-4-7-16(24)8-5-14)27-22(29)17-13-32-23(26-17)15-6-9-18(30-2)19(12-15)31-3/h4-13,20H,1-3H3,(H,27,29). The van der Waals surface area contributed by atoms with Crippen LogP contribution < -0.4 is 14.8 Å². The molecule has 4 rings (SSSR count). The maximum Gasteiger partial charge on any atom is 0.271 e. The summed E-state index contributed by atoms with van der Waals surface area (Å²) in [4.78, 5) is 22.1. The molecule has 0 fully saturated rings. The number of hydrogen-bond acceptors (Lipinski definition) is 6. The van der Waals surface area contributed by atoms with Crippen LogP contribution in [0.4, 0.5) is 0 Å². The Morgan fingerprint density at radius 1 is 1.12 bits per heavy atom. The number of rotatable bonds is 7. The number of benzene rings is 2. The molecule has 0 radical (unpaired) electrons. The molecule has 0 saturated heterocycles. The second-order valence-corrected chi connectivity index (χ2v) is 8.26. The number of aryl methyl sites for hydroxylation is 1. The SMILES string of the molecule is COc1ccc(-c2nc(C(=O)NC(c3ccc(Cl)cc3)c3nccn3C)cs2)cc1OC. The summed E-state index contributed by atoms with van der Waals surface area (Å²) < 4.78 is 12.5. The van der Waals surface area contributed by atoms with Crippen molar-refractivity contribution in [1.82, 2.24) is 19.9 Å². The van der Waals surface area contributed by atoms with Gasteiger partial charge in [0.05, 0.1) is 14.2 Å². The highest BCUT2D eigenvalue weighted by molar-refractivity contribution is 7.13. The van der Waals surface area contributed by atoms with E-state index < -0.39 is 6.04 Å². The fourth-order valence-electron chi connectivity index (χ4n) is 3.29. The van der Waals surface area contributed by atoms with Crippen LogP contribution in [0.15, 0.2) is 60.2 Å². The summed E-state index contributed by atoms with van der Waals surface area (Å²) >= 11 is 7.42. The van der Waals surface area contributed by atoms with Gasteiger partial charge < -0.3 is 19.4 Å². The molecule has 0 spiro atoms. The first kappa shape index (κ1) is 21.9. The Hall–Kier alpha value is -3.36. The predicted molar refractivity (Wildman–Crippen MR) is 125 cm³/mol. The Bertz CT molecular complexity index is 1240. The van der Waals surface area contributed by atoms with Gasteiger partial charge in [0, 0.05) is 35.4 Å². The zero-order chi connectivity index (χ0) is 22.7. The van der Waals surface area contributed by atoms with Gasteiger partial charge in [-0.05, 0) is 35.9 Å². The smallest absolute Gasteiger partial charge is 0.271 e. The number of imidazole rings is 1. The largest absolute Gasteiger partial charge is 0.493 e.